The van der Waals surface area contributed by atoms with E-state index in [9.17, 15) is 25.0 Å². The van der Waals surface area contributed by atoms with Gasteiger partial charge in [-0.2, -0.15) is 0 Å². The summed E-state index contributed by atoms with van der Waals surface area (Å²) in [7, 11) is 0. The number of carbonyl (C=O) groups is 1. The molecule has 0 fully saturated rings. The molecule has 0 aliphatic carbocycles. The van der Waals surface area contributed by atoms with E-state index >= 15 is 0 Å². The van der Waals surface area contributed by atoms with Crippen molar-refractivity contribution in [3.05, 3.63) is 44.0 Å². The molecule has 0 unspecified atom stereocenters. The molecule has 0 N–H and O–H groups in total. The van der Waals surface area contributed by atoms with Crippen LogP contribution >= 0.6 is 0 Å². The third-order valence-corrected chi connectivity index (χ3v) is 2.67. The van der Waals surface area contributed by atoms with E-state index in [1.165, 1.54) is 0 Å². The minimum atomic E-state index is -0.826. The van der Waals surface area contributed by atoms with Crippen molar-refractivity contribution in [3.63, 3.8) is 0 Å². The highest BCUT2D eigenvalue weighted by Crippen LogP contribution is 2.23. The minimum absolute atomic E-state index is 0.126. The van der Waals surface area contributed by atoms with Gasteiger partial charge in [-0.15, -0.1) is 11.8 Å². The van der Waals surface area contributed by atoms with Crippen LogP contribution in [0.3, 0.4) is 0 Å². The molecular weight excluding hydrogens is 292 g/mol. The summed E-state index contributed by atoms with van der Waals surface area (Å²) in [6.45, 7) is 1.86. The van der Waals surface area contributed by atoms with Crippen molar-refractivity contribution in [2.75, 3.05) is 6.61 Å². The van der Waals surface area contributed by atoms with Crippen LogP contribution in [0.5, 0.6) is 0 Å². The van der Waals surface area contributed by atoms with Crippen LogP contribution in [0.15, 0.2) is 18.2 Å². The molecule has 1 aromatic rings. The molecule has 1 aromatic carbocycles. The quantitative estimate of drug-likeness (QED) is 0.252. The van der Waals surface area contributed by atoms with Crippen LogP contribution in [0.25, 0.3) is 0 Å². The highest BCUT2D eigenvalue weighted by Gasteiger charge is 2.20. The number of esters is 1. The lowest BCUT2D eigenvalue weighted by molar-refractivity contribution is -0.394. The Bertz CT molecular complexity index is 612. The average Bonchev–Trinajstić information content (AvgIpc) is 2.49. The highest BCUT2D eigenvalue weighted by atomic mass is 16.6. The lowest BCUT2D eigenvalue weighted by Gasteiger charge is -2.04. The zero-order valence-electron chi connectivity index (χ0n) is 11.9. The number of benzene rings is 1. The lowest BCUT2D eigenvalue weighted by Crippen LogP contribution is -2.07. The Hall–Kier alpha value is -2.95. The summed E-state index contributed by atoms with van der Waals surface area (Å²) in [4.78, 5) is 31.6. The first-order valence-electron chi connectivity index (χ1n) is 6.46. The van der Waals surface area contributed by atoms with Crippen molar-refractivity contribution in [2.45, 2.75) is 26.2 Å². The predicted octanol–water partition coefficient (Wildman–Crippen LogP) is 2.85. The maximum absolute atomic E-state index is 11.8. The minimum Gasteiger partial charge on any atom is -0.462 e. The van der Waals surface area contributed by atoms with E-state index in [1.54, 1.807) is 6.92 Å². The number of nitro benzene ring substituents is 2. The molecule has 0 amide bonds. The number of carbonyl (C=O) groups excluding carboxylic acids is 1. The smallest absolute Gasteiger partial charge is 0.338 e. The Labute approximate surface area is 126 Å². The van der Waals surface area contributed by atoms with Gasteiger partial charge in [0.15, 0.2) is 0 Å². The first-order valence-corrected chi connectivity index (χ1v) is 6.46. The van der Waals surface area contributed by atoms with E-state index in [1.807, 2.05) is 0 Å². The molecule has 22 heavy (non-hydrogen) atoms. The van der Waals surface area contributed by atoms with Crippen molar-refractivity contribution < 1.29 is 19.4 Å². The summed E-state index contributed by atoms with van der Waals surface area (Å²) in [5.41, 5.74) is -1.27. The second kappa shape index (κ2) is 8.36. The normalized spacial score (nSPS) is 9.50. The van der Waals surface area contributed by atoms with Crippen LogP contribution in [0, 0.1) is 32.1 Å². The lowest BCUT2D eigenvalue weighted by atomic mass is 10.2. The molecule has 0 radical (unpaired) electrons. The Morgan fingerprint density at radius 1 is 1.14 bits per heavy atom. The van der Waals surface area contributed by atoms with E-state index in [-0.39, 0.29) is 12.2 Å². The van der Waals surface area contributed by atoms with Crippen molar-refractivity contribution in [1.29, 1.82) is 0 Å². The number of rotatable bonds is 7. The monoisotopic (exact) mass is 306 g/mol. The number of nitrogens with zero attached hydrogens (tertiary/aromatic N) is 2. The number of nitro groups is 2. The SMILES string of the molecule is CC#CCCCCOC(=O)c1cc([N+](=O)[O-])cc([N+](=O)[O-])c1. The van der Waals surface area contributed by atoms with Crippen LogP contribution in [0.4, 0.5) is 11.4 Å². The number of hydrogen-bond donors (Lipinski definition) is 0. The van der Waals surface area contributed by atoms with Gasteiger partial charge in [0, 0.05) is 18.6 Å². The summed E-state index contributed by atoms with van der Waals surface area (Å²) in [6, 6.07) is 2.70. The Kier molecular flexibility index (Phi) is 6.50. The summed E-state index contributed by atoms with van der Waals surface area (Å²) in [5, 5.41) is 21.5. The molecular formula is C14H14N2O6. The van der Waals surface area contributed by atoms with Gasteiger partial charge < -0.3 is 4.74 Å². The molecule has 0 heterocycles. The summed E-state index contributed by atoms with van der Waals surface area (Å²) in [5.74, 6) is 4.78. The van der Waals surface area contributed by atoms with Crippen molar-refractivity contribution in [2.24, 2.45) is 0 Å². The first kappa shape index (κ1) is 17.1. The largest absolute Gasteiger partial charge is 0.462 e. The molecule has 0 aromatic heterocycles. The van der Waals surface area contributed by atoms with E-state index in [4.69, 9.17) is 4.74 Å². The van der Waals surface area contributed by atoms with Gasteiger partial charge in [-0.1, -0.05) is 0 Å². The van der Waals surface area contributed by atoms with Gasteiger partial charge in [-0.3, -0.25) is 20.2 Å². The van der Waals surface area contributed by atoms with Gasteiger partial charge >= 0.3 is 5.97 Å². The molecule has 0 aliphatic heterocycles. The van der Waals surface area contributed by atoms with Crippen LogP contribution < -0.4 is 0 Å². The average molecular weight is 306 g/mol. The molecule has 8 heteroatoms. The fourth-order valence-electron chi connectivity index (χ4n) is 1.61. The molecule has 0 atom stereocenters. The van der Waals surface area contributed by atoms with Gasteiger partial charge in [0.25, 0.3) is 11.4 Å². The van der Waals surface area contributed by atoms with Gasteiger partial charge in [-0.25, -0.2) is 4.79 Å². The highest BCUT2D eigenvalue weighted by molar-refractivity contribution is 5.91. The zero-order chi connectivity index (χ0) is 16.5. The second-order valence-electron chi connectivity index (χ2n) is 4.27. The van der Waals surface area contributed by atoms with Crippen molar-refractivity contribution >= 4 is 17.3 Å². The van der Waals surface area contributed by atoms with Gasteiger partial charge in [0.2, 0.25) is 0 Å². The van der Waals surface area contributed by atoms with Gasteiger partial charge in [-0.05, 0) is 19.8 Å². The third kappa shape index (κ3) is 5.20. The summed E-state index contributed by atoms with van der Waals surface area (Å²) >= 11 is 0. The number of ether oxygens (including phenoxy) is 1. The molecule has 116 valence electrons. The molecule has 0 spiro atoms. The Morgan fingerprint density at radius 3 is 2.23 bits per heavy atom. The first-order chi connectivity index (χ1) is 10.5. The molecule has 0 aliphatic rings. The number of hydrogen-bond acceptors (Lipinski definition) is 6. The summed E-state index contributed by atoms with van der Waals surface area (Å²) in [6.07, 6.45) is 2.04. The third-order valence-electron chi connectivity index (χ3n) is 2.67. The predicted molar refractivity (Wildman–Crippen MR) is 77.3 cm³/mol. The van der Waals surface area contributed by atoms with Crippen LogP contribution in [-0.4, -0.2) is 22.4 Å². The van der Waals surface area contributed by atoms with E-state index in [0.717, 1.165) is 24.6 Å². The molecule has 1 rings (SSSR count). The molecule has 8 nitrogen and oxygen atoms in total. The Balaban J connectivity index is 2.73. The van der Waals surface area contributed by atoms with Crippen LogP contribution in [-0.2, 0) is 4.74 Å². The topological polar surface area (TPSA) is 113 Å². The van der Waals surface area contributed by atoms with Crippen molar-refractivity contribution in [3.8, 4) is 11.8 Å². The summed E-state index contributed by atoms with van der Waals surface area (Å²) < 4.78 is 4.95. The van der Waals surface area contributed by atoms with Crippen molar-refractivity contribution in [1.82, 2.24) is 0 Å². The van der Waals surface area contributed by atoms with Crippen LogP contribution in [0.2, 0.25) is 0 Å². The van der Waals surface area contributed by atoms with Gasteiger partial charge in [0.1, 0.15) is 0 Å². The molecule has 0 saturated carbocycles. The zero-order valence-corrected chi connectivity index (χ0v) is 11.9. The Morgan fingerprint density at radius 2 is 1.73 bits per heavy atom. The van der Waals surface area contributed by atoms with E-state index in [0.29, 0.717) is 12.8 Å². The number of non-ortho nitro benzene ring substituents is 2. The van der Waals surface area contributed by atoms with E-state index < -0.39 is 27.2 Å². The van der Waals surface area contributed by atoms with Gasteiger partial charge in [0.05, 0.1) is 28.1 Å². The fraction of sp³-hybridized carbons (Fsp3) is 0.357. The maximum atomic E-state index is 11.8. The molecule has 0 bridgehead atoms. The van der Waals surface area contributed by atoms with E-state index in [2.05, 4.69) is 11.8 Å². The number of unbranched alkanes of at least 4 members (excludes halogenated alkanes) is 2. The fourth-order valence-corrected chi connectivity index (χ4v) is 1.61. The maximum Gasteiger partial charge on any atom is 0.338 e. The standard InChI is InChI=1S/C14H14N2O6/c1-2-3-4-5-6-7-22-14(17)11-8-12(15(18)19)10-13(9-11)16(20)21/h8-10H,4-7H2,1H3. The second-order valence-corrected chi connectivity index (χ2v) is 4.27. The molecule has 0 saturated heterocycles. The van der Waals surface area contributed by atoms with Crippen LogP contribution in [0.1, 0.15) is 36.5 Å².